The first-order chi connectivity index (χ1) is 16.1. The Hall–Kier alpha value is -2.37. The summed E-state index contributed by atoms with van der Waals surface area (Å²) in [5.41, 5.74) is 0.469. The van der Waals surface area contributed by atoms with Crippen molar-refractivity contribution in [3.63, 3.8) is 0 Å². The van der Waals surface area contributed by atoms with Gasteiger partial charge in [0.25, 0.3) is 5.91 Å². The van der Waals surface area contributed by atoms with Crippen molar-refractivity contribution in [2.45, 2.75) is 38.9 Å². The minimum Gasteiger partial charge on any atom is -0.497 e. The van der Waals surface area contributed by atoms with E-state index in [1.54, 1.807) is 23.1 Å². The van der Waals surface area contributed by atoms with E-state index in [2.05, 4.69) is 5.32 Å². The fourth-order valence-corrected chi connectivity index (χ4v) is 5.89. The van der Waals surface area contributed by atoms with Crippen LogP contribution in [-0.2, 0) is 19.6 Å². The summed E-state index contributed by atoms with van der Waals surface area (Å²) in [4.78, 5) is 27.2. The predicted molar refractivity (Wildman–Crippen MR) is 127 cm³/mol. The third kappa shape index (κ3) is 6.61. The largest absolute Gasteiger partial charge is 0.497 e. The SMILES string of the molecule is COc1cc(OC)cc(C(=O)N2CCC(C(=O)NCCS(=O)(=O)N3CC(C)OC(C)C3)CC2)c1. The second-order valence-corrected chi connectivity index (χ2v) is 10.9. The smallest absolute Gasteiger partial charge is 0.254 e. The molecular formula is C23H35N3O7S. The summed E-state index contributed by atoms with van der Waals surface area (Å²) in [6.45, 7) is 5.29. The van der Waals surface area contributed by atoms with Gasteiger partial charge in [0.1, 0.15) is 11.5 Å². The summed E-state index contributed by atoms with van der Waals surface area (Å²) in [7, 11) is -0.416. The number of carbonyl (C=O) groups is 2. The number of morpholine rings is 1. The number of carbonyl (C=O) groups excluding carboxylic acids is 2. The quantitative estimate of drug-likeness (QED) is 0.572. The molecule has 1 N–H and O–H groups in total. The van der Waals surface area contributed by atoms with Crippen LogP contribution in [0.25, 0.3) is 0 Å². The number of amides is 2. The highest BCUT2D eigenvalue weighted by atomic mass is 32.2. The lowest BCUT2D eigenvalue weighted by atomic mass is 9.95. The minimum atomic E-state index is -3.47. The maximum Gasteiger partial charge on any atom is 0.254 e. The Bertz CT molecular complexity index is 945. The molecule has 0 saturated carbocycles. The standard InChI is InChI=1S/C23H35N3O7S/c1-16-14-26(15-17(2)33-16)34(29,30)10-7-24-22(27)18-5-8-25(9-6-18)23(28)19-11-20(31-3)13-21(12-19)32-4/h11-13,16-18H,5-10,14-15H2,1-4H3,(H,24,27). The van der Waals surface area contributed by atoms with Crippen molar-refractivity contribution in [2.24, 2.45) is 5.92 Å². The molecule has 3 rings (SSSR count). The molecule has 0 spiro atoms. The highest BCUT2D eigenvalue weighted by molar-refractivity contribution is 7.89. The Balaban J connectivity index is 1.47. The Morgan fingerprint density at radius 1 is 1.03 bits per heavy atom. The summed E-state index contributed by atoms with van der Waals surface area (Å²) in [6.07, 6.45) is 0.728. The fraction of sp³-hybridized carbons (Fsp3) is 0.652. The van der Waals surface area contributed by atoms with Gasteiger partial charge >= 0.3 is 0 Å². The maximum atomic E-state index is 12.9. The number of rotatable bonds is 8. The van der Waals surface area contributed by atoms with Gasteiger partial charge in [0.2, 0.25) is 15.9 Å². The van der Waals surface area contributed by atoms with E-state index >= 15 is 0 Å². The average molecular weight is 498 g/mol. The van der Waals surface area contributed by atoms with Crippen molar-refractivity contribution in [1.82, 2.24) is 14.5 Å². The molecule has 0 radical (unpaired) electrons. The lowest BCUT2D eigenvalue weighted by Gasteiger charge is -2.34. The number of hydrogen-bond donors (Lipinski definition) is 1. The van der Waals surface area contributed by atoms with Crippen LogP contribution in [0.15, 0.2) is 18.2 Å². The topological polar surface area (TPSA) is 114 Å². The maximum absolute atomic E-state index is 12.9. The summed E-state index contributed by atoms with van der Waals surface area (Å²) in [5.74, 6) is 0.355. The summed E-state index contributed by atoms with van der Waals surface area (Å²) < 4.78 is 42.8. The van der Waals surface area contributed by atoms with E-state index in [-0.39, 0.29) is 42.2 Å². The molecule has 2 atom stereocenters. The number of hydrogen-bond acceptors (Lipinski definition) is 7. The lowest BCUT2D eigenvalue weighted by Crippen LogP contribution is -2.50. The molecular weight excluding hydrogens is 462 g/mol. The van der Waals surface area contributed by atoms with Crippen molar-refractivity contribution in [2.75, 3.05) is 52.7 Å². The van der Waals surface area contributed by atoms with Crippen molar-refractivity contribution >= 4 is 21.8 Å². The van der Waals surface area contributed by atoms with Crippen molar-refractivity contribution < 1.29 is 32.2 Å². The van der Waals surface area contributed by atoms with Gasteiger partial charge in [-0.2, -0.15) is 4.31 Å². The molecule has 2 unspecified atom stereocenters. The van der Waals surface area contributed by atoms with Gasteiger partial charge in [-0.15, -0.1) is 0 Å². The second kappa shape index (κ2) is 11.4. The zero-order chi connectivity index (χ0) is 24.9. The zero-order valence-electron chi connectivity index (χ0n) is 20.3. The van der Waals surface area contributed by atoms with Gasteiger partial charge in [0.15, 0.2) is 0 Å². The number of piperidine rings is 1. The van der Waals surface area contributed by atoms with Crippen LogP contribution in [0.2, 0.25) is 0 Å². The first kappa shape index (κ1) is 26.2. The minimum absolute atomic E-state index is 0.0596. The first-order valence-corrected chi connectivity index (χ1v) is 13.2. The van der Waals surface area contributed by atoms with E-state index in [0.717, 1.165) is 0 Å². The Morgan fingerprint density at radius 3 is 2.12 bits per heavy atom. The molecule has 11 heteroatoms. The number of nitrogens with one attached hydrogen (secondary N) is 1. The van der Waals surface area contributed by atoms with Crippen LogP contribution >= 0.6 is 0 Å². The molecule has 190 valence electrons. The molecule has 1 aromatic carbocycles. The highest BCUT2D eigenvalue weighted by Crippen LogP contribution is 2.25. The normalized spacial score (nSPS) is 22.3. The van der Waals surface area contributed by atoms with Crippen molar-refractivity contribution in [3.8, 4) is 11.5 Å². The molecule has 10 nitrogen and oxygen atoms in total. The van der Waals surface area contributed by atoms with Gasteiger partial charge in [-0.3, -0.25) is 9.59 Å². The second-order valence-electron chi connectivity index (χ2n) is 8.85. The Kier molecular flexibility index (Phi) is 8.78. The molecule has 1 aromatic rings. The number of nitrogens with zero attached hydrogens (tertiary/aromatic N) is 2. The van der Waals surface area contributed by atoms with Gasteiger partial charge in [-0.05, 0) is 38.8 Å². The molecule has 2 heterocycles. The molecule has 2 aliphatic rings. The molecule has 2 fully saturated rings. The summed E-state index contributed by atoms with van der Waals surface area (Å²) in [5, 5.41) is 2.76. The Morgan fingerprint density at radius 2 is 1.59 bits per heavy atom. The van der Waals surface area contributed by atoms with E-state index in [1.807, 2.05) is 13.8 Å². The van der Waals surface area contributed by atoms with Gasteiger partial charge in [-0.1, -0.05) is 0 Å². The molecule has 0 bridgehead atoms. The van der Waals surface area contributed by atoms with Crippen LogP contribution in [0.4, 0.5) is 0 Å². The highest BCUT2D eigenvalue weighted by Gasteiger charge is 2.32. The lowest BCUT2D eigenvalue weighted by molar-refractivity contribution is -0.126. The van der Waals surface area contributed by atoms with Crippen LogP contribution in [0.1, 0.15) is 37.0 Å². The van der Waals surface area contributed by atoms with E-state index in [1.165, 1.54) is 18.5 Å². The van der Waals surface area contributed by atoms with Crippen LogP contribution in [0, 0.1) is 5.92 Å². The fourth-order valence-electron chi connectivity index (χ4n) is 4.39. The van der Waals surface area contributed by atoms with Crippen molar-refractivity contribution in [3.05, 3.63) is 23.8 Å². The van der Waals surface area contributed by atoms with Crippen LogP contribution in [0.5, 0.6) is 11.5 Å². The van der Waals surface area contributed by atoms with Crippen molar-refractivity contribution in [1.29, 1.82) is 0 Å². The zero-order valence-corrected chi connectivity index (χ0v) is 21.1. The first-order valence-electron chi connectivity index (χ1n) is 11.6. The van der Waals surface area contributed by atoms with Crippen LogP contribution in [-0.4, -0.2) is 94.3 Å². The molecule has 2 amide bonds. The van der Waals surface area contributed by atoms with E-state index in [4.69, 9.17) is 14.2 Å². The monoisotopic (exact) mass is 497 g/mol. The third-order valence-electron chi connectivity index (χ3n) is 6.19. The summed E-state index contributed by atoms with van der Waals surface area (Å²) in [6, 6.07) is 5.04. The van der Waals surface area contributed by atoms with Crippen LogP contribution in [0.3, 0.4) is 0 Å². The van der Waals surface area contributed by atoms with E-state index < -0.39 is 10.0 Å². The van der Waals surface area contributed by atoms with Gasteiger partial charge in [-0.25, -0.2) is 8.42 Å². The van der Waals surface area contributed by atoms with E-state index in [9.17, 15) is 18.0 Å². The van der Waals surface area contributed by atoms with Gasteiger partial charge in [0, 0.05) is 50.3 Å². The molecule has 0 aliphatic carbocycles. The number of ether oxygens (including phenoxy) is 3. The predicted octanol–water partition coefficient (Wildman–Crippen LogP) is 1.11. The average Bonchev–Trinajstić information content (AvgIpc) is 2.82. The molecule has 0 aromatic heterocycles. The van der Waals surface area contributed by atoms with Gasteiger partial charge in [0.05, 0.1) is 32.2 Å². The molecule has 34 heavy (non-hydrogen) atoms. The number of benzene rings is 1. The number of methoxy groups -OCH3 is 2. The number of sulfonamides is 1. The van der Waals surface area contributed by atoms with Crippen LogP contribution < -0.4 is 14.8 Å². The summed E-state index contributed by atoms with van der Waals surface area (Å²) >= 11 is 0. The Labute approximate surface area is 201 Å². The van der Waals surface area contributed by atoms with Gasteiger partial charge < -0.3 is 24.4 Å². The molecule has 2 saturated heterocycles. The molecule has 2 aliphatic heterocycles. The number of likely N-dealkylation sites (tertiary alicyclic amines) is 1. The third-order valence-corrected chi connectivity index (χ3v) is 8.00. The van der Waals surface area contributed by atoms with E-state index in [0.29, 0.717) is 56.1 Å².